The Hall–Kier alpha value is -2.63. The van der Waals surface area contributed by atoms with E-state index in [-0.39, 0.29) is 6.04 Å². The first-order chi connectivity index (χ1) is 14.1. The van der Waals surface area contributed by atoms with Crippen LogP contribution < -0.4 is 4.74 Å². The number of likely N-dealkylation sites (tertiary alicyclic amines) is 1. The smallest absolute Gasteiger partial charge is 0.320 e. The van der Waals surface area contributed by atoms with Gasteiger partial charge in [0.25, 0.3) is 0 Å². The van der Waals surface area contributed by atoms with Crippen LogP contribution >= 0.6 is 11.3 Å². The quantitative estimate of drug-likeness (QED) is 0.579. The van der Waals surface area contributed by atoms with Crippen molar-refractivity contribution in [3.63, 3.8) is 0 Å². The van der Waals surface area contributed by atoms with Crippen molar-refractivity contribution >= 4 is 17.3 Å². The highest BCUT2D eigenvalue weighted by atomic mass is 32.1. The number of carboxylic acids is 1. The lowest BCUT2D eigenvalue weighted by Gasteiger charge is -2.31. The molecule has 0 saturated carbocycles. The fraction of sp³-hybridized carbons (Fsp3) is 0.292. The number of benzene rings is 2. The van der Waals surface area contributed by atoms with Crippen molar-refractivity contribution in [3.05, 3.63) is 87.6 Å². The van der Waals surface area contributed by atoms with Gasteiger partial charge in [0.2, 0.25) is 0 Å². The predicted molar refractivity (Wildman–Crippen MR) is 115 cm³/mol. The van der Waals surface area contributed by atoms with E-state index < -0.39 is 12.0 Å². The van der Waals surface area contributed by atoms with E-state index in [4.69, 9.17) is 4.74 Å². The van der Waals surface area contributed by atoms with Gasteiger partial charge in [-0.3, -0.25) is 9.69 Å². The zero-order valence-corrected chi connectivity index (χ0v) is 17.3. The number of aliphatic carboxylic acids is 1. The Morgan fingerprint density at radius 2 is 1.97 bits per heavy atom. The van der Waals surface area contributed by atoms with E-state index in [0.717, 1.165) is 29.8 Å². The molecule has 0 radical (unpaired) electrons. The molecule has 4 nitrogen and oxygen atoms in total. The second-order valence-corrected chi connectivity index (χ2v) is 8.45. The third kappa shape index (κ3) is 4.52. The molecule has 3 aromatic rings. The molecule has 1 aromatic heterocycles. The summed E-state index contributed by atoms with van der Waals surface area (Å²) in [5.41, 5.74) is 3.45. The lowest BCUT2D eigenvalue weighted by Crippen LogP contribution is -2.39. The van der Waals surface area contributed by atoms with E-state index in [2.05, 4.69) is 35.4 Å². The molecule has 4 rings (SSSR count). The maximum absolute atomic E-state index is 11.8. The highest BCUT2D eigenvalue weighted by molar-refractivity contribution is 7.10. The minimum absolute atomic E-state index is 0.0412. The van der Waals surface area contributed by atoms with E-state index >= 15 is 0 Å². The summed E-state index contributed by atoms with van der Waals surface area (Å²) in [4.78, 5) is 15.1. The number of thiophene rings is 1. The van der Waals surface area contributed by atoms with Crippen molar-refractivity contribution in [2.24, 2.45) is 0 Å². The molecule has 0 amide bonds. The average molecular weight is 408 g/mol. The predicted octanol–water partition coefficient (Wildman–Crippen LogP) is 5.27. The molecule has 1 aliphatic heterocycles. The van der Waals surface area contributed by atoms with Crippen LogP contribution in [0.15, 0.2) is 66.0 Å². The van der Waals surface area contributed by atoms with E-state index in [1.54, 1.807) is 11.3 Å². The van der Waals surface area contributed by atoms with Crippen molar-refractivity contribution in [1.82, 2.24) is 4.90 Å². The third-order valence-electron chi connectivity index (χ3n) is 5.38. The van der Waals surface area contributed by atoms with Crippen LogP contribution in [-0.2, 0) is 11.4 Å². The van der Waals surface area contributed by atoms with Gasteiger partial charge in [0.1, 0.15) is 18.4 Å². The number of carbonyl (C=O) groups is 1. The molecule has 2 atom stereocenters. The van der Waals surface area contributed by atoms with Crippen LogP contribution in [-0.4, -0.2) is 28.6 Å². The van der Waals surface area contributed by atoms with Crippen LogP contribution in [0.25, 0.3) is 0 Å². The molecule has 0 bridgehead atoms. The van der Waals surface area contributed by atoms with Crippen LogP contribution in [0.5, 0.6) is 5.75 Å². The number of hydrogen-bond donors (Lipinski definition) is 1. The van der Waals surface area contributed by atoms with Crippen molar-refractivity contribution in [3.8, 4) is 5.75 Å². The molecule has 1 saturated heterocycles. The number of nitrogens with zero attached hydrogens (tertiary/aromatic N) is 1. The van der Waals surface area contributed by atoms with Gasteiger partial charge in [-0.25, -0.2) is 0 Å². The highest BCUT2D eigenvalue weighted by Gasteiger charge is 2.37. The van der Waals surface area contributed by atoms with E-state index in [1.165, 1.54) is 10.4 Å². The number of aryl methyl sites for hydroxylation is 1. The molecular weight excluding hydrogens is 382 g/mol. The fourth-order valence-corrected chi connectivity index (χ4v) is 5.01. The molecule has 1 aliphatic rings. The Morgan fingerprint density at radius 3 is 2.62 bits per heavy atom. The maximum atomic E-state index is 11.8. The molecule has 0 aliphatic carbocycles. The largest absolute Gasteiger partial charge is 0.489 e. The Bertz CT molecular complexity index is 952. The summed E-state index contributed by atoms with van der Waals surface area (Å²) in [7, 11) is 0. The number of rotatable bonds is 7. The normalized spacial score (nSPS) is 17.9. The van der Waals surface area contributed by atoms with Crippen LogP contribution in [0.2, 0.25) is 0 Å². The maximum Gasteiger partial charge on any atom is 0.320 e. The Labute approximate surface area is 175 Å². The zero-order chi connectivity index (χ0) is 20.2. The molecule has 5 heteroatoms. The molecule has 29 heavy (non-hydrogen) atoms. The standard InChI is InChI=1S/C24H25NO3S/c1-17-14-22(29-16-17)23(25-13-5-8-21(25)24(26)27)19-9-11-20(12-10-19)28-15-18-6-3-2-4-7-18/h2-4,6-7,9-12,14,16,21,23H,5,8,13,15H2,1H3,(H,26,27). The van der Waals surface area contributed by atoms with Crippen LogP contribution in [0, 0.1) is 6.92 Å². The minimum Gasteiger partial charge on any atom is -0.489 e. The van der Waals surface area contributed by atoms with Gasteiger partial charge in [-0.15, -0.1) is 11.3 Å². The Morgan fingerprint density at radius 1 is 1.21 bits per heavy atom. The van der Waals surface area contributed by atoms with E-state index in [1.807, 2.05) is 42.5 Å². The van der Waals surface area contributed by atoms with E-state index in [9.17, 15) is 9.90 Å². The van der Waals surface area contributed by atoms with Gasteiger partial charge in [-0.2, -0.15) is 0 Å². The van der Waals surface area contributed by atoms with Gasteiger partial charge >= 0.3 is 5.97 Å². The first kappa shape index (κ1) is 19.7. The van der Waals surface area contributed by atoms with Crippen molar-refractivity contribution < 1.29 is 14.6 Å². The minimum atomic E-state index is -0.733. The SMILES string of the molecule is Cc1csc(C(c2ccc(OCc3ccccc3)cc2)N2CCCC2C(=O)O)c1. The third-order valence-corrected chi connectivity index (χ3v) is 6.48. The summed E-state index contributed by atoms with van der Waals surface area (Å²) in [5, 5.41) is 11.8. The first-order valence-corrected chi connectivity index (χ1v) is 10.8. The molecule has 2 heterocycles. The second kappa shape index (κ2) is 8.80. The van der Waals surface area contributed by atoms with Crippen molar-refractivity contribution in [1.29, 1.82) is 0 Å². The van der Waals surface area contributed by atoms with Gasteiger partial charge in [0.05, 0.1) is 6.04 Å². The van der Waals surface area contributed by atoms with Crippen molar-refractivity contribution in [2.45, 2.75) is 38.5 Å². The molecule has 1 N–H and O–H groups in total. The number of ether oxygens (including phenoxy) is 1. The summed E-state index contributed by atoms with van der Waals surface area (Å²) in [5.74, 6) is 0.0820. The summed E-state index contributed by atoms with van der Waals surface area (Å²) in [6.45, 7) is 3.40. The zero-order valence-electron chi connectivity index (χ0n) is 16.5. The molecule has 150 valence electrons. The summed E-state index contributed by atoms with van der Waals surface area (Å²) >= 11 is 1.70. The van der Waals surface area contributed by atoms with Gasteiger partial charge in [-0.1, -0.05) is 42.5 Å². The topological polar surface area (TPSA) is 49.8 Å². The lowest BCUT2D eigenvalue weighted by atomic mass is 10.0. The summed E-state index contributed by atoms with van der Waals surface area (Å²) in [6.07, 6.45) is 1.62. The Kier molecular flexibility index (Phi) is 5.97. The van der Waals surface area contributed by atoms with Gasteiger partial charge in [-0.05, 0) is 60.0 Å². The molecule has 1 fully saturated rings. The monoisotopic (exact) mass is 407 g/mol. The van der Waals surface area contributed by atoms with Gasteiger partial charge < -0.3 is 9.84 Å². The number of hydrogen-bond acceptors (Lipinski definition) is 4. The van der Waals surface area contributed by atoms with Crippen molar-refractivity contribution in [2.75, 3.05) is 6.54 Å². The highest BCUT2D eigenvalue weighted by Crippen LogP contribution is 2.38. The van der Waals surface area contributed by atoms with Crippen LogP contribution in [0.3, 0.4) is 0 Å². The fourth-order valence-electron chi connectivity index (χ4n) is 3.97. The second-order valence-electron chi connectivity index (χ2n) is 7.51. The first-order valence-electron chi connectivity index (χ1n) is 9.92. The molecule has 2 aromatic carbocycles. The van der Waals surface area contributed by atoms with Crippen LogP contribution in [0.4, 0.5) is 0 Å². The molecule has 0 spiro atoms. The van der Waals surface area contributed by atoms with E-state index in [0.29, 0.717) is 13.0 Å². The molecule has 2 unspecified atom stereocenters. The average Bonchev–Trinajstić information content (AvgIpc) is 3.38. The van der Waals surface area contributed by atoms with Crippen LogP contribution in [0.1, 0.15) is 40.5 Å². The molecular formula is C24H25NO3S. The van der Waals surface area contributed by atoms with Gasteiger partial charge in [0, 0.05) is 11.4 Å². The van der Waals surface area contributed by atoms with Gasteiger partial charge in [0.15, 0.2) is 0 Å². The lowest BCUT2D eigenvalue weighted by molar-refractivity contribution is -0.142. The summed E-state index contributed by atoms with van der Waals surface area (Å²) < 4.78 is 5.92. The summed E-state index contributed by atoms with van der Waals surface area (Å²) in [6, 6.07) is 19.9. The number of carboxylic acid groups (broad SMARTS) is 1. The Balaban J connectivity index is 1.57.